The van der Waals surface area contributed by atoms with Gasteiger partial charge in [-0.05, 0) is 39.0 Å². The standard InChI is InChI=1S/C14H18Cl2FNO/c1-14(2,3)18-8-10-6-12(17)4-5-13(10)19-9-11(16)7-15/h4-7,18H,8-9H2,1-3H3/b11-7-. The molecule has 0 atom stereocenters. The van der Waals surface area contributed by atoms with Crippen molar-refractivity contribution in [3.8, 4) is 5.75 Å². The van der Waals surface area contributed by atoms with Crippen LogP contribution < -0.4 is 10.1 Å². The fraction of sp³-hybridized carbons (Fsp3) is 0.429. The number of ether oxygens (including phenoxy) is 1. The van der Waals surface area contributed by atoms with Crippen LogP contribution in [0.3, 0.4) is 0 Å². The molecule has 0 saturated carbocycles. The van der Waals surface area contributed by atoms with Gasteiger partial charge in [0.1, 0.15) is 18.2 Å². The first-order chi connectivity index (χ1) is 8.81. The van der Waals surface area contributed by atoms with Crippen LogP contribution in [-0.4, -0.2) is 12.1 Å². The Kier molecular flexibility index (Phi) is 6.11. The predicted molar refractivity (Wildman–Crippen MR) is 78.3 cm³/mol. The summed E-state index contributed by atoms with van der Waals surface area (Å²) in [4.78, 5) is 0. The SMILES string of the molecule is CC(C)(C)NCc1cc(F)ccc1OC/C(Cl)=C/Cl. The lowest BCUT2D eigenvalue weighted by atomic mass is 10.1. The number of hydrogen-bond donors (Lipinski definition) is 1. The molecule has 0 spiro atoms. The van der Waals surface area contributed by atoms with E-state index in [9.17, 15) is 4.39 Å². The highest BCUT2D eigenvalue weighted by Gasteiger charge is 2.12. The molecule has 0 bridgehead atoms. The lowest BCUT2D eigenvalue weighted by Gasteiger charge is -2.21. The Morgan fingerprint density at radius 2 is 2.11 bits per heavy atom. The molecule has 1 N–H and O–H groups in total. The van der Waals surface area contributed by atoms with Gasteiger partial charge in [-0.2, -0.15) is 0 Å². The van der Waals surface area contributed by atoms with Crippen molar-refractivity contribution in [2.45, 2.75) is 32.9 Å². The third kappa shape index (κ3) is 6.28. The Balaban J connectivity index is 2.79. The van der Waals surface area contributed by atoms with Gasteiger partial charge in [0.25, 0.3) is 0 Å². The molecule has 1 aromatic rings. The van der Waals surface area contributed by atoms with E-state index in [2.05, 4.69) is 5.32 Å². The van der Waals surface area contributed by atoms with Crippen LogP contribution in [0.2, 0.25) is 0 Å². The van der Waals surface area contributed by atoms with Crippen molar-refractivity contribution in [3.63, 3.8) is 0 Å². The lowest BCUT2D eigenvalue weighted by molar-refractivity contribution is 0.348. The third-order valence-electron chi connectivity index (χ3n) is 2.32. The first-order valence-electron chi connectivity index (χ1n) is 5.93. The quantitative estimate of drug-likeness (QED) is 0.870. The maximum Gasteiger partial charge on any atom is 0.125 e. The maximum absolute atomic E-state index is 13.3. The van der Waals surface area contributed by atoms with E-state index in [1.165, 1.54) is 17.7 Å². The van der Waals surface area contributed by atoms with Gasteiger partial charge in [0.05, 0.1) is 5.03 Å². The van der Waals surface area contributed by atoms with Crippen molar-refractivity contribution in [3.05, 3.63) is 40.1 Å². The minimum Gasteiger partial charge on any atom is -0.488 e. The van der Waals surface area contributed by atoms with Crippen LogP contribution in [-0.2, 0) is 6.54 Å². The Bertz CT molecular complexity index is 455. The van der Waals surface area contributed by atoms with Gasteiger partial charge in [0, 0.05) is 23.2 Å². The predicted octanol–water partition coefficient (Wildman–Crippen LogP) is 4.41. The second-order valence-electron chi connectivity index (χ2n) is 5.20. The van der Waals surface area contributed by atoms with Crippen molar-refractivity contribution in [1.29, 1.82) is 0 Å². The molecular formula is C14H18Cl2FNO. The van der Waals surface area contributed by atoms with E-state index in [1.807, 2.05) is 20.8 Å². The summed E-state index contributed by atoms with van der Waals surface area (Å²) in [5.74, 6) is 0.298. The summed E-state index contributed by atoms with van der Waals surface area (Å²) in [6.45, 7) is 6.80. The van der Waals surface area contributed by atoms with Gasteiger partial charge in [-0.1, -0.05) is 23.2 Å². The molecular weight excluding hydrogens is 288 g/mol. The Morgan fingerprint density at radius 3 is 2.68 bits per heavy atom. The molecule has 0 unspecified atom stereocenters. The van der Waals surface area contributed by atoms with Crippen molar-refractivity contribution in [2.75, 3.05) is 6.61 Å². The summed E-state index contributed by atoms with van der Waals surface area (Å²) in [6.07, 6.45) is 0. The fourth-order valence-electron chi connectivity index (χ4n) is 1.37. The van der Waals surface area contributed by atoms with Gasteiger partial charge in [0.2, 0.25) is 0 Å². The smallest absolute Gasteiger partial charge is 0.125 e. The zero-order valence-electron chi connectivity index (χ0n) is 11.3. The fourth-order valence-corrected chi connectivity index (χ4v) is 1.48. The van der Waals surface area contributed by atoms with Gasteiger partial charge in [-0.15, -0.1) is 0 Å². The largest absolute Gasteiger partial charge is 0.488 e. The molecule has 19 heavy (non-hydrogen) atoms. The summed E-state index contributed by atoms with van der Waals surface area (Å²) < 4.78 is 18.8. The molecule has 5 heteroatoms. The molecule has 0 heterocycles. The molecule has 0 fully saturated rings. The highest BCUT2D eigenvalue weighted by Crippen LogP contribution is 2.21. The molecule has 0 saturated heterocycles. The number of hydrogen-bond acceptors (Lipinski definition) is 2. The zero-order chi connectivity index (χ0) is 14.5. The van der Waals surface area contributed by atoms with Crippen LogP contribution in [0, 0.1) is 5.82 Å². The zero-order valence-corrected chi connectivity index (χ0v) is 12.8. The van der Waals surface area contributed by atoms with E-state index < -0.39 is 0 Å². The number of rotatable bonds is 5. The molecule has 1 rings (SSSR count). The average molecular weight is 306 g/mol. The van der Waals surface area contributed by atoms with Gasteiger partial charge in [0.15, 0.2) is 0 Å². The van der Waals surface area contributed by atoms with E-state index in [1.54, 1.807) is 6.07 Å². The average Bonchev–Trinajstić information content (AvgIpc) is 2.33. The molecule has 0 radical (unpaired) electrons. The number of nitrogens with one attached hydrogen (secondary N) is 1. The molecule has 0 aromatic heterocycles. The van der Waals surface area contributed by atoms with E-state index in [-0.39, 0.29) is 18.0 Å². The van der Waals surface area contributed by atoms with E-state index in [0.717, 1.165) is 5.56 Å². The third-order valence-corrected chi connectivity index (χ3v) is 2.91. The molecule has 0 aliphatic heterocycles. The second-order valence-corrected chi connectivity index (χ2v) is 5.90. The molecule has 0 aliphatic carbocycles. The highest BCUT2D eigenvalue weighted by atomic mass is 35.5. The van der Waals surface area contributed by atoms with Crippen LogP contribution in [0.5, 0.6) is 5.75 Å². The molecule has 106 valence electrons. The van der Waals surface area contributed by atoms with Crippen molar-refractivity contribution >= 4 is 23.2 Å². The summed E-state index contributed by atoms with van der Waals surface area (Å²) in [6, 6.07) is 4.40. The van der Waals surface area contributed by atoms with Crippen molar-refractivity contribution in [1.82, 2.24) is 5.32 Å². The summed E-state index contributed by atoms with van der Waals surface area (Å²) >= 11 is 11.2. The van der Waals surface area contributed by atoms with Crippen molar-refractivity contribution in [2.24, 2.45) is 0 Å². The van der Waals surface area contributed by atoms with Gasteiger partial charge < -0.3 is 10.1 Å². The van der Waals surface area contributed by atoms with Crippen molar-refractivity contribution < 1.29 is 9.13 Å². The van der Waals surface area contributed by atoms with Crippen LogP contribution in [0.15, 0.2) is 28.8 Å². The summed E-state index contributed by atoms with van der Waals surface area (Å²) in [5, 5.41) is 3.68. The number of benzene rings is 1. The van der Waals surface area contributed by atoms with Gasteiger partial charge >= 0.3 is 0 Å². The normalized spacial score (nSPS) is 12.6. The highest BCUT2D eigenvalue weighted by molar-refractivity contribution is 6.36. The van der Waals surface area contributed by atoms with Crippen LogP contribution >= 0.6 is 23.2 Å². The lowest BCUT2D eigenvalue weighted by Crippen LogP contribution is -2.35. The topological polar surface area (TPSA) is 21.3 Å². The number of halogens is 3. The molecule has 2 nitrogen and oxygen atoms in total. The Hall–Kier alpha value is -0.770. The van der Waals surface area contributed by atoms with Gasteiger partial charge in [-0.25, -0.2) is 4.39 Å². The molecule has 0 amide bonds. The molecule has 1 aromatic carbocycles. The minimum atomic E-state index is -0.294. The summed E-state index contributed by atoms with van der Waals surface area (Å²) in [7, 11) is 0. The maximum atomic E-state index is 13.3. The monoisotopic (exact) mass is 305 g/mol. The Labute approximate surface area is 123 Å². The second kappa shape index (κ2) is 7.13. The van der Waals surface area contributed by atoms with Crippen LogP contribution in [0.4, 0.5) is 4.39 Å². The van der Waals surface area contributed by atoms with Crippen LogP contribution in [0.25, 0.3) is 0 Å². The summed E-state index contributed by atoms with van der Waals surface area (Å²) in [5.41, 5.74) is 1.93. The molecule has 0 aliphatic rings. The van der Waals surface area contributed by atoms with Gasteiger partial charge in [-0.3, -0.25) is 0 Å². The minimum absolute atomic E-state index is 0.0583. The first kappa shape index (κ1) is 16.3. The van der Waals surface area contributed by atoms with E-state index >= 15 is 0 Å². The van der Waals surface area contributed by atoms with Crippen LogP contribution in [0.1, 0.15) is 26.3 Å². The van der Waals surface area contributed by atoms with E-state index in [0.29, 0.717) is 17.3 Å². The first-order valence-corrected chi connectivity index (χ1v) is 6.74. The van der Waals surface area contributed by atoms with E-state index in [4.69, 9.17) is 27.9 Å². The Morgan fingerprint density at radius 1 is 1.42 bits per heavy atom.